The third-order valence-electron chi connectivity index (χ3n) is 8.41. The molecule has 10 heteroatoms. The number of benzene rings is 3. The van der Waals surface area contributed by atoms with Gasteiger partial charge in [0, 0.05) is 32.2 Å². The Morgan fingerprint density at radius 1 is 1.00 bits per heavy atom. The highest BCUT2D eigenvalue weighted by atomic mass is 32.1. The smallest absolute Gasteiger partial charge is 0.250 e. The summed E-state index contributed by atoms with van der Waals surface area (Å²) in [5.41, 5.74) is 1.50. The van der Waals surface area contributed by atoms with Gasteiger partial charge < -0.3 is 34.8 Å². The molecule has 0 spiro atoms. The Labute approximate surface area is 258 Å². The SMILES string of the molecule is COc1ccc(NC(=O)C2(N(Cc3ccccc3)C(=O)CN3C[C@@H](c4ccccc4)NC3=S)CCN(C)CC2)c(OC)c1. The lowest BCUT2D eigenvalue weighted by Gasteiger charge is -2.47. The number of methoxy groups -OCH3 is 2. The normalized spacial score (nSPS) is 18.1. The van der Waals surface area contributed by atoms with E-state index in [0.717, 1.165) is 11.1 Å². The van der Waals surface area contributed by atoms with Crippen LogP contribution in [0.2, 0.25) is 0 Å². The quantitative estimate of drug-likeness (QED) is 0.337. The summed E-state index contributed by atoms with van der Waals surface area (Å²) in [6.45, 7) is 2.28. The summed E-state index contributed by atoms with van der Waals surface area (Å²) in [6, 6.07) is 25.2. The van der Waals surface area contributed by atoms with Gasteiger partial charge in [0.05, 0.1) is 32.5 Å². The summed E-state index contributed by atoms with van der Waals surface area (Å²) >= 11 is 5.67. The first-order valence-electron chi connectivity index (χ1n) is 14.5. The molecule has 2 N–H and O–H groups in total. The molecule has 5 rings (SSSR count). The molecule has 226 valence electrons. The molecule has 2 aliphatic heterocycles. The second-order valence-corrected chi connectivity index (χ2v) is 11.5. The molecule has 0 saturated carbocycles. The van der Waals surface area contributed by atoms with Gasteiger partial charge in [0.1, 0.15) is 17.0 Å². The van der Waals surface area contributed by atoms with Crippen LogP contribution in [-0.4, -0.2) is 84.6 Å². The second kappa shape index (κ2) is 13.4. The zero-order chi connectivity index (χ0) is 30.4. The third kappa shape index (κ3) is 6.76. The van der Waals surface area contributed by atoms with Gasteiger partial charge in [-0.05, 0) is 55.4 Å². The molecule has 0 unspecified atom stereocenters. The van der Waals surface area contributed by atoms with Gasteiger partial charge in [0.2, 0.25) is 5.91 Å². The van der Waals surface area contributed by atoms with Crippen LogP contribution in [0, 0.1) is 0 Å². The number of amides is 2. The lowest BCUT2D eigenvalue weighted by Crippen LogP contribution is -2.64. The molecule has 2 fully saturated rings. The maximum absolute atomic E-state index is 14.4. The predicted molar refractivity (Wildman–Crippen MR) is 171 cm³/mol. The van der Waals surface area contributed by atoms with E-state index in [1.165, 1.54) is 0 Å². The lowest BCUT2D eigenvalue weighted by atomic mass is 9.83. The summed E-state index contributed by atoms with van der Waals surface area (Å²) in [7, 11) is 5.17. The highest BCUT2D eigenvalue weighted by Gasteiger charge is 2.48. The summed E-state index contributed by atoms with van der Waals surface area (Å²) < 4.78 is 10.9. The van der Waals surface area contributed by atoms with Gasteiger partial charge in [-0.15, -0.1) is 0 Å². The molecule has 0 radical (unpaired) electrons. The minimum Gasteiger partial charge on any atom is -0.497 e. The van der Waals surface area contributed by atoms with Crippen LogP contribution >= 0.6 is 12.2 Å². The predicted octanol–water partition coefficient (Wildman–Crippen LogP) is 4.07. The van der Waals surface area contributed by atoms with Gasteiger partial charge >= 0.3 is 0 Å². The van der Waals surface area contributed by atoms with Gasteiger partial charge in [-0.3, -0.25) is 9.59 Å². The fourth-order valence-electron chi connectivity index (χ4n) is 5.84. The van der Waals surface area contributed by atoms with Crippen molar-refractivity contribution >= 4 is 34.8 Å². The van der Waals surface area contributed by atoms with E-state index in [1.54, 1.807) is 37.3 Å². The van der Waals surface area contributed by atoms with Crippen LogP contribution in [0.3, 0.4) is 0 Å². The van der Waals surface area contributed by atoms with Crippen molar-refractivity contribution in [3.8, 4) is 11.5 Å². The molecule has 2 heterocycles. The number of nitrogens with one attached hydrogen (secondary N) is 2. The van der Waals surface area contributed by atoms with Gasteiger partial charge in [0.15, 0.2) is 5.11 Å². The van der Waals surface area contributed by atoms with E-state index in [9.17, 15) is 9.59 Å². The number of hydrogen-bond donors (Lipinski definition) is 2. The average molecular weight is 602 g/mol. The molecule has 0 bridgehead atoms. The number of hydrogen-bond acceptors (Lipinski definition) is 6. The van der Waals surface area contributed by atoms with E-state index < -0.39 is 5.54 Å². The van der Waals surface area contributed by atoms with Crippen LogP contribution < -0.4 is 20.1 Å². The van der Waals surface area contributed by atoms with E-state index in [-0.39, 0.29) is 24.4 Å². The fourth-order valence-corrected chi connectivity index (χ4v) is 6.12. The van der Waals surface area contributed by atoms with Crippen LogP contribution in [0.1, 0.15) is 30.0 Å². The molecule has 1 atom stereocenters. The van der Waals surface area contributed by atoms with Crippen molar-refractivity contribution in [2.45, 2.75) is 31.0 Å². The minimum atomic E-state index is -1.09. The third-order valence-corrected chi connectivity index (χ3v) is 8.79. The Morgan fingerprint density at radius 3 is 2.33 bits per heavy atom. The number of nitrogens with zero attached hydrogens (tertiary/aromatic N) is 3. The van der Waals surface area contributed by atoms with Crippen molar-refractivity contribution in [3.63, 3.8) is 0 Å². The van der Waals surface area contributed by atoms with Crippen LogP contribution in [0.15, 0.2) is 78.9 Å². The Bertz CT molecular complexity index is 1430. The van der Waals surface area contributed by atoms with Gasteiger partial charge in [0.25, 0.3) is 5.91 Å². The molecule has 3 aromatic rings. The minimum absolute atomic E-state index is 0.00722. The lowest BCUT2D eigenvalue weighted by molar-refractivity contribution is -0.149. The molecule has 9 nitrogen and oxygen atoms in total. The molecule has 2 saturated heterocycles. The van der Waals surface area contributed by atoms with Gasteiger partial charge in [-0.25, -0.2) is 0 Å². The Hall–Kier alpha value is -4.15. The van der Waals surface area contributed by atoms with Crippen molar-refractivity contribution in [2.75, 3.05) is 52.8 Å². The first kappa shape index (κ1) is 30.3. The standard InChI is InChI=1S/C33H39N5O4S/c1-36-18-16-33(17-19-36,31(40)34-27-15-14-26(41-2)20-29(27)42-3)38(21-24-10-6-4-7-11-24)30(39)23-37-22-28(35-32(37)43)25-12-8-5-9-13-25/h4-15,20,28H,16-19,21-23H2,1-3H3,(H,34,40)(H,35,43)/t28-/m0/s1. The van der Waals surface area contributed by atoms with Crippen molar-refractivity contribution in [3.05, 3.63) is 90.0 Å². The number of carbonyl (C=O) groups excluding carboxylic acids is 2. The monoisotopic (exact) mass is 601 g/mol. The average Bonchev–Trinajstić information content (AvgIpc) is 3.41. The van der Waals surface area contributed by atoms with Crippen LogP contribution in [-0.2, 0) is 16.1 Å². The first-order chi connectivity index (χ1) is 20.8. The summed E-state index contributed by atoms with van der Waals surface area (Å²) in [5, 5.41) is 7.00. The second-order valence-electron chi connectivity index (χ2n) is 11.1. The highest BCUT2D eigenvalue weighted by Crippen LogP contribution is 2.35. The number of ether oxygens (including phenoxy) is 2. The molecule has 2 amide bonds. The van der Waals surface area contributed by atoms with Crippen LogP contribution in [0.5, 0.6) is 11.5 Å². The van der Waals surface area contributed by atoms with Crippen molar-refractivity contribution < 1.29 is 19.1 Å². The first-order valence-corrected chi connectivity index (χ1v) is 14.9. The maximum atomic E-state index is 14.4. The van der Waals surface area contributed by atoms with Crippen LogP contribution in [0.25, 0.3) is 0 Å². The summed E-state index contributed by atoms with van der Waals surface area (Å²) in [5.74, 6) is 0.714. The molecule has 0 aliphatic carbocycles. The number of piperidine rings is 1. The Kier molecular flexibility index (Phi) is 9.47. The number of thiocarbonyl (C=S) groups is 1. The van der Waals surface area contributed by atoms with Crippen molar-refractivity contribution in [2.24, 2.45) is 0 Å². The van der Waals surface area contributed by atoms with Gasteiger partial charge in [-0.2, -0.15) is 0 Å². The Balaban J connectivity index is 1.46. The Morgan fingerprint density at radius 2 is 1.67 bits per heavy atom. The fraction of sp³-hybridized carbons (Fsp3) is 0.364. The number of rotatable bonds is 10. The molecule has 0 aromatic heterocycles. The maximum Gasteiger partial charge on any atom is 0.250 e. The van der Waals surface area contributed by atoms with E-state index in [0.29, 0.717) is 61.3 Å². The van der Waals surface area contributed by atoms with E-state index in [2.05, 4.69) is 27.7 Å². The number of likely N-dealkylation sites (tertiary alicyclic amines) is 1. The zero-order valence-corrected chi connectivity index (χ0v) is 25.7. The van der Waals surface area contributed by atoms with E-state index in [4.69, 9.17) is 21.7 Å². The topological polar surface area (TPSA) is 86.4 Å². The van der Waals surface area contributed by atoms with Gasteiger partial charge in [-0.1, -0.05) is 60.7 Å². The van der Waals surface area contributed by atoms with Crippen LogP contribution in [0.4, 0.5) is 5.69 Å². The molecular weight excluding hydrogens is 562 g/mol. The van der Waals surface area contributed by atoms with Crippen molar-refractivity contribution in [1.29, 1.82) is 0 Å². The summed E-state index contributed by atoms with van der Waals surface area (Å²) in [4.78, 5) is 34.7. The zero-order valence-electron chi connectivity index (χ0n) is 24.9. The van der Waals surface area contributed by atoms with Crippen molar-refractivity contribution in [1.82, 2.24) is 20.0 Å². The van der Waals surface area contributed by atoms with E-state index in [1.807, 2.05) is 60.5 Å². The summed E-state index contributed by atoms with van der Waals surface area (Å²) in [6.07, 6.45) is 0.976. The van der Waals surface area contributed by atoms with E-state index >= 15 is 0 Å². The highest BCUT2D eigenvalue weighted by molar-refractivity contribution is 7.80. The molecule has 2 aliphatic rings. The molecule has 43 heavy (non-hydrogen) atoms. The number of anilines is 1. The molecular formula is C33H39N5O4S. The molecule has 3 aromatic carbocycles. The number of carbonyl (C=O) groups is 2. The largest absolute Gasteiger partial charge is 0.497 e.